The van der Waals surface area contributed by atoms with Crippen molar-refractivity contribution >= 4 is 16.8 Å². The van der Waals surface area contributed by atoms with Crippen molar-refractivity contribution in [2.45, 2.75) is 40.2 Å². The summed E-state index contributed by atoms with van der Waals surface area (Å²) in [5.41, 5.74) is 1.01. The minimum Gasteiger partial charge on any atom is -0.354 e. The van der Waals surface area contributed by atoms with Crippen LogP contribution in [0.15, 0.2) is 58.1 Å². The van der Waals surface area contributed by atoms with Gasteiger partial charge in [-0.3, -0.25) is 14.2 Å². The molecule has 6 nitrogen and oxygen atoms in total. The summed E-state index contributed by atoms with van der Waals surface area (Å²) in [5.74, 6) is 0.0778. The zero-order valence-electron chi connectivity index (χ0n) is 17.3. The Morgan fingerprint density at radius 1 is 1.07 bits per heavy atom. The van der Waals surface area contributed by atoms with Crippen LogP contribution >= 0.6 is 0 Å². The molecule has 1 aromatic heterocycles. The number of amides is 1. The molecule has 3 aromatic rings. The van der Waals surface area contributed by atoms with Crippen LogP contribution in [-0.4, -0.2) is 21.6 Å². The molecule has 0 unspecified atom stereocenters. The number of nitrogens with one attached hydrogen (secondary N) is 1. The van der Waals surface area contributed by atoms with Gasteiger partial charge in [-0.15, -0.1) is 0 Å². The zero-order chi connectivity index (χ0) is 21.1. The number of nitrogens with zero attached hydrogens (tertiary/aromatic N) is 2. The molecule has 6 heteroatoms. The molecule has 3 rings (SSSR count). The van der Waals surface area contributed by atoms with Crippen LogP contribution in [0.4, 0.5) is 0 Å². The van der Waals surface area contributed by atoms with E-state index < -0.39 is 11.7 Å². The third-order valence-electron chi connectivity index (χ3n) is 4.94. The van der Waals surface area contributed by atoms with Crippen molar-refractivity contribution in [2.75, 3.05) is 6.54 Å². The molecule has 2 aromatic carbocycles. The SMILES string of the molecule is CC[C@@H](C(=O)NCC(C)C)n1c(=O)n(-c2cccc(C)c2)c(=O)c2ccccc21. The van der Waals surface area contributed by atoms with Crippen molar-refractivity contribution in [3.63, 3.8) is 0 Å². The molecule has 1 amide bonds. The fraction of sp³-hybridized carbons (Fsp3) is 0.348. The summed E-state index contributed by atoms with van der Waals surface area (Å²) < 4.78 is 2.61. The van der Waals surface area contributed by atoms with Gasteiger partial charge in [-0.25, -0.2) is 9.36 Å². The number of aromatic nitrogens is 2. The van der Waals surface area contributed by atoms with Crippen LogP contribution in [-0.2, 0) is 4.79 Å². The van der Waals surface area contributed by atoms with E-state index in [0.29, 0.717) is 35.5 Å². The molecule has 0 fully saturated rings. The molecule has 152 valence electrons. The van der Waals surface area contributed by atoms with E-state index in [0.717, 1.165) is 10.1 Å². The molecule has 0 radical (unpaired) electrons. The van der Waals surface area contributed by atoms with Gasteiger partial charge in [-0.1, -0.05) is 45.0 Å². The lowest BCUT2D eigenvalue weighted by Gasteiger charge is -2.22. The van der Waals surface area contributed by atoms with Crippen molar-refractivity contribution in [3.05, 3.63) is 74.9 Å². The molecule has 0 aliphatic heterocycles. The number of hydrogen-bond donors (Lipinski definition) is 1. The summed E-state index contributed by atoms with van der Waals surface area (Å²) in [4.78, 5) is 39.6. The van der Waals surface area contributed by atoms with Gasteiger partial charge in [0.25, 0.3) is 5.56 Å². The Morgan fingerprint density at radius 2 is 1.79 bits per heavy atom. The Bertz CT molecular complexity index is 1160. The molecule has 0 saturated heterocycles. The van der Waals surface area contributed by atoms with E-state index in [9.17, 15) is 14.4 Å². The number of aryl methyl sites for hydroxylation is 1. The maximum Gasteiger partial charge on any atom is 0.336 e. The van der Waals surface area contributed by atoms with Gasteiger partial charge < -0.3 is 5.32 Å². The lowest BCUT2D eigenvalue weighted by molar-refractivity contribution is -0.124. The van der Waals surface area contributed by atoms with Gasteiger partial charge >= 0.3 is 5.69 Å². The predicted octanol–water partition coefficient (Wildman–Crippen LogP) is 3.18. The van der Waals surface area contributed by atoms with Crippen LogP contribution in [0.1, 0.15) is 38.8 Å². The molecule has 0 aliphatic rings. The minimum absolute atomic E-state index is 0.220. The van der Waals surface area contributed by atoms with Gasteiger partial charge in [0.05, 0.1) is 16.6 Å². The summed E-state index contributed by atoms with van der Waals surface area (Å²) in [6.07, 6.45) is 0.430. The second-order valence-corrected chi connectivity index (χ2v) is 7.71. The number of benzene rings is 2. The van der Waals surface area contributed by atoms with Crippen molar-refractivity contribution in [1.29, 1.82) is 0 Å². The minimum atomic E-state index is -0.706. The van der Waals surface area contributed by atoms with E-state index in [1.807, 2.05) is 39.8 Å². The van der Waals surface area contributed by atoms with Crippen LogP contribution in [0.3, 0.4) is 0 Å². The Hall–Kier alpha value is -3.15. The quantitative estimate of drug-likeness (QED) is 0.699. The number of carbonyl (C=O) groups is 1. The van der Waals surface area contributed by atoms with E-state index in [1.165, 1.54) is 4.57 Å². The molecule has 1 heterocycles. The second-order valence-electron chi connectivity index (χ2n) is 7.71. The zero-order valence-corrected chi connectivity index (χ0v) is 17.3. The molecule has 0 bridgehead atoms. The van der Waals surface area contributed by atoms with Crippen molar-refractivity contribution < 1.29 is 4.79 Å². The van der Waals surface area contributed by atoms with Gasteiger partial charge in [0, 0.05) is 6.54 Å². The second kappa shape index (κ2) is 8.47. The first-order valence-electron chi connectivity index (χ1n) is 9.96. The predicted molar refractivity (Wildman–Crippen MR) is 116 cm³/mol. The van der Waals surface area contributed by atoms with Crippen molar-refractivity contribution in [1.82, 2.24) is 14.5 Å². The maximum absolute atomic E-state index is 13.5. The van der Waals surface area contributed by atoms with Gasteiger partial charge in [-0.2, -0.15) is 0 Å². The van der Waals surface area contributed by atoms with Gasteiger partial charge in [0.2, 0.25) is 5.91 Å². The largest absolute Gasteiger partial charge is 0.354 e. The first kappa shape index (κ1) is 20.6. The highest BCUT2D eigenvalue weighted by molar-refractivity contribution is 5.84. The smallest absolute Gasteiger partial charge is 0.336 e. The maximum atomic E-state index is 13.5. The number of carbonyl (C=O) groups excluding carboxylic acids is 1. The summed E-state index contributed by atoms with van der Waals surface area (Å²) in [7, 11) is 0. The van der Waals surface area contributed by atoms with Gasteiger partial charge in [-0.05, 0) is 49.1 Å². The normalized spacial score (nSPS) is 12.3. The lowest BCUT2D eigenvalue weighted by atomic mass is 10.1. The number of para-hydroxylation sites is 1. The highest BCUT2D eigenvalue weighted by atomic mass is 16.2. The molecular weight excluding hydrogens is 366 g/mol. The van der Waals surface area contributed by atoms with E-state index in [2.05, 4.69) is 5.32 Å². The third kappa shape index (κ3) is 4.01. The molecule has 29 heavy (non-hydrogen) atoms. The molecule has 0 spiro atoms. The van der Waals surface area contributed by atoms with Gasteiger partial charge in [0.1, 0.15) is 6.04 Å². The highest BCUT2D eigenvalue weighted by Crippen LogP contribution is 2.18. The van der Waals surface area contributed by atoms with Gasteiger partial charge in [0.15, 0.2) is 0 Å². The summed E-state index contributed by atoms with van der Waals surface area (Å²) in [5, 5.41) is 3.33. The Balaban J connectivity index is 2.30. The molecule has 0 saturated carbocycles. The van der Waals surface area contributed by atoms with E-state index in [1.54, 1.807) is 36.4 Å². The van der Waals surface area contributed by atoms with E-state index >= 15 is 0 Å². The Kier molecular flexibility index (Phi) is 6.01. The fourth-order valence-electron chi connectivity index (χ4n) is 3.49. The number of fused-ring (bicyclic) bond motifs is 1. The first-order chi connectivity index (χ1) is 13.8. The molecule has 1 N–H and O–H groups in total. The number of rotatable bonds is 6. The molecule has 1 atom stereocenters. The van der Waals surface area contributed by atoms with Crippen molar-refractivity contribution in [3.8, 4) is 5.69 Å². The Morgan fingerprint density at radius 3 is 2.45 bits per heavy atom. The summed E-state index contributed by atoms with van der Waals surface area (Å²) in [6, 6.07) is 13.5. The highest BCUT2D eigenvalue weighted by Gasteiger charge is 2.25. The molecule has 0 aliphatic carbocycles. The average molecular weight is 393 g/mol. The standard InChI is InChI=1S/C23H27N3O3/c1-5-19(21(27)24-14-15(2)3)26-20-12-7-6-11-18(20)22(28)25(23(26)29)17-10-8-9-16(4)13-17/h6-13,15,19H,5,14H2,1-4H3,(H,24,27)/t19-/m0/s1. The van der Waals surface area contributed by atoms with E-state index in [-0.39, 0.29) is 11.5 Å². The topological polar surface area (TPSA) is 73.1 Å². The average Bonchev–Trinajstić information content (AvgIpc) is 2.69. The van der Waals surface area contributed by atoms with Crippen LogP contribution in [0.2, 0.25) is 0 Å². The lowest BCUT2D eigenvalue weighted by Crippen LogP contribution is -2.44. The van der Waals surface area contributed by atoms with Crippen LogP contribution in [0, 0.1) is 12.8 Å². The van der Waals surface area contributed by atoms with Crippen LogP contribution in [0.5, 0.6) is 0 Å². The van der Waals surface area contributed by atoms with Crippen LogP contribution < -0.4 is 16.6 Å². The molecular formula is C23H27N3O3. The van der Waals surface area contributed by atoms with E-state index in [4.69, 9.17) is 0 Å². The third-order valence-corrected chi connectivity index (χ3v) is 4.94. The summed E-state index contributed by atoms with van der Waals surface area (Å²) in [6.45, 7) is 8.33. The number of hydrogen-bond acceptors (Lipinski definition) is 3. The summed E-state index contributed by atoms with van der Waals surface area (Å²) >= 11 is 0. The first-order valence-corrected chi connectivity index (χ1v) is 9.96. The van der Waals surface area contributed by atoms with Crippen molar-refractivity contribution in [2.24, 2.45) is 5.92 Å². The fourth-order valence-corrected chi connectivity index (χ4v) is 3.49. The van der Waals surface area contributed by atoms with Crippen LogP contribution in [0.25, 0.3) is 16.6 Å². The Labute approximate surface area is 169 Å². The monoisotopic (exact) mass is 393 g/mol.